The van der Waals surface area contributed by atoms with Gasteiger partial charge in [-0.15, -0.1) is 0 Å². The van der Waals surface area contributed by atoms with Gasteiger partial charge in [-0.1, -0.05) is 18.0 Å². The van der Waals surface area contributed by atoms with E-state index in [2.05, 4.69) is 5.32 Å². The van der Waals surface area contributed by atoms with Crippen molar-refractivity contribution in [3.05, 3.63) is 23.2 Å². The van der Waals surface area contributed by atoms with Gasteiger partial charge in [-0.2, -0.15) is 0 Å². The van der Waals surface area contributed by atoms with Crippen LogP contribution < -0.4 is 15.8 Å². The van der Waals surface area contributed by atoms with Crippen molar-refractivity contribution < 1.29 is 14.3 Å². The molecule has 0 radical (unpaired) electrons. The fourth-order valence-electron chi connectivity index (χ4n) is 3.38. The van der Waals surface area contributed by atoms with Crippen molar-refractivity contribution in [2.45, 2.75) is 50.7 Å². The largest absolute Gasteiger partial charge is 0.489 e. The summed E-state index contributed by atoms with van der Waals surface area (Å²) >= 11 is 6.08. The van der Waals surface area contributed by atoms with Crippen molar-refractivity contribution in [2.75, 3.05) is 18.5 Å². The lowest BCUT2D eigenvalue weighted by molar-refractivity contribution is -0.120. The SMILES string of the molecule is NC1CCCC(C(=O)Nc2cc(Cl)ccc2OCC2CCCO2)C1. The molecule has 1 saturated heterocycles. The van der Waals surface area contributed by atoms with E-state index < -0.39 is 0 Å². The van der Waals surface area contributed by atoms with Crippen molar-refractivity contribution in [1.29, 1.82) is 0 Å². The molecule has 6 heteroatoms. The second-order valence-corrected chi connectivity index (χ2v) is 7.14. The maximum absolute atomic E-state index is 12.5. The highest BCUT2D eigenvalue weighted by Gasteiger charge is 2.26. The summed E-state index contributed by atoms with van der Waals surface area (Å²) < 4.78 is 11.4. The van der Waals surface area contributed by atoms with E-state index in [1.54, 1.807) is 18.2 Å². The summed E-state index contributed by atoms with van der Waals surface area (Å²) in [5.41, 5.74) is 6.60. The number of hydrogen-bond donors (Lipinski definition) is 2. The second kappa shape index (κ2) is 8.19. The zero-order valence-electron chi connectivity index (χ0n) is 13.8. The molecule has 1 saturated carbocycles. The van der Waals surface area contributed by atoms with E-state index >= 15 is 0 Å². The summed E-state index contributed by atoms with van der Waals surface area (Å²) in [7, 11) is 0. The molecule has 3 atom stereocenters. The van der Waals surface area contributed by atoms with Crippen molar-refractivity contribution in [2.24, 2.45) is 11.7 Å². The molecule has 0 bridgehead atoms. The Kier molecular flexibility index (Phi) is 5.98. The van der Waals surface area contributed by atoms with Crippen LogP contribution in [0.4, 0.5) is 5.69 Å². The molecule has 1 aromatic carbocycles. The molecule has 24 heavy (non-hydrogen) atoms. The van der Waals surface area contributed by atoms with Gasteiger partial charge in [0.1, 0.15) is 12.4 Å². The summed E-state index contributed by atoms with van der Waals surface area (Å²) in [6, 6.07) is 5.40. The number of nitrogens with two attached hydrogens (primary N) is 1. The number of rotatable bonds is 5. The topological polar surface area (TPSA) is 73.6 Å². The molecule has 3 N–H and O–H groups in total. The third kappa shape index (κ3) is 4.62. The molecule has 1 aliphatic heterocycles. The van der Waals surface area contributed by atoms with Gasteiger partial charge in [0, 0.05) is 23.6 Å². The van der Waals surface area contributed by atoms with Crippen molar-refractivity contribution in [3.63, 3.8) is 0 Å². The highest BCUT2D eigenvalue weighted by Crippen LogP contribution is 2.31. The van der Waals surface area contributed by atoms with Crippen LogP contribution in [0.5, 0.6) is 5.75 Å². The van der Waals surface area contributed by atoms with Crippen molar-refractivity contribution in [3.8, 4) is 5.75 Å². The average molecular weight is 353 g/mol. The maximum atomic E-state index is 12.5. The summed E-state index contributed by atoms with van der Waals surface area (Å²) in [6.07, 6.45) is 5.81. The van der Waals surface area contributed by atoms with Crippen LogP contribution in [0, 0.1) is 5.92 Å². The summed E-state index contributed by atoms with van der Waals surface area (Å²) in [5.74, 6) is 0.580. The molecule has 5 nitrogen and oxygen atoms in total. The van der Waals surface area contributed by atoms with Gasteiger partial charge in [0.05, 0.1) is 11.8 Å². The third-order valence-electron chi connectivity index (χ3n) is 4.73. The minimum Gasteiger partial charge on any atom is -0.489 e. The van der Waals surface area contributed by atoms with E-state index in [1.165, 1.54) is 0 Å². The first-order chi connectivity index (χ1) is 11.6. The van der Waals surface area contributed by atoms with Crippen molar-refractivity contribution in [1.82, 2.24) is 0 Å². The molecule has 0 aromatic heterocycles. The minimum absolute atomic E-state index is 0.00520. The lowest BCUT2D eigenvalue weighted by atomic mass is 9.85. The van der Waals surface area contributed by atoms with Crippen LogP contribution in [0.1, 0.15) is 38.5 Å². The number of halogens is 1. The number of hydrogen-bond acceptors (Lipinski definition) is 4. The number of carbonyl (C=O) groups is 1. The van der Waals surface area contributed by atoms with Crippen LogP contribution in [0.15, 0.2) is 18.2 Å². The maximum Gasteiger partial charge on any atom is 0.227 e. The van der Waals surface area contributed by atoms with Gasteiger partial charge < -0.3 is 20.5 Å². The van der Waals surface area contributed by atoms with Gasteiger partial charge in [-0.05, 0) is 50.3 Å². The molecule has 1 aliphatic carbocycles. The summed E-state index contributed by atoms with van der Waals surface area (Å²) in [5, 5.41) is 3.54. The van der Waals surface area contributed by atoms with Crippen LogP contribution in [-0.2, 0) is 9.53 Å². The molecule has 3 rings (SSSR count). The Balaban J connectivity index is 1.64. The normalized spacial score (nSPS) is 27.0. The van der Waals surface area contributed by atoms with E-state index in [9.17, 15) is 4.79 Å². The van der Waals surface area contributed by atoms with Crippen molar-refractivity contribution >= 4 is 23.2 Å². The molecule has 0 spiro atoms. The lowest BCUT2D eigenvalue weighted by Gasteiger charge is -2.26. The smallest absolute Gasteiger partial charge is 0.227 e. The average Bonchev–Trinajstić information content (AvgIpc) is 3.07. The van der Waals surface area contributed by atoms with E-state index in [0.29, 0.717) is 23.1 Å². The summed E-state index contributed by atoms with van der Waals surface area (Å²) in [4.78, 5) is 12.5. The Bertz CT molecular complexity index is 575. The van der Waals surface area contributed by atoms with Gasteiger partial charge in [0.25, 0.3) is 0 Å². The monoisotopic (exact) mass is 352 g/mol. The van der Waals surface area contributed by atoms with Gasteiger partial charge in [-0.3, -0.25) is 4.79 Å². The first-order valence-electron chi connectivity index (χ1n) is 8.72. The quantitative estimate of drug-likeness (QED) is 0.852. The second-order valence-electron chi connectivity index (χ2n) is 6.70. The minimum atomic E-state index is -0.0428. The summed E-state index contributed by atoms with van der Waals surface area (Å²) in [6.45, 7) is 1.28. The molecule has 2 fully saturated rings. The molecular formula is C18H25ClN2O3. The fourth-order valence-corrected chi connectivity index (χ4v) is 3.56. The molecule has 1 amide bonds. The fraction of sp³-hybridized carbons (Fsp3) is 0.611. The lowest BCUT2D eigenvalue weighted by Crippen LogP contribution is -2.34. The van der Waals surface area contributed by atoms with Crippen LogP contribution >= 0.6 is 11.6 Å². The van der Waals surface area contributed by atoms with Gasteiger partial charge in [0.15, 0.2) is 0 Å². The Morgan fingerprint density at radius 2 is 2.21 bits per heavy atom. The Morgan fingerprint density at radius 1 is 1.33 bits per heavy atom. The van der Waals surface area contributed by atoms with Gasteiger partial charge in [0.2, 0.25) is 5.91 Å². The predicted octanol–water partition coefficient (Wildman–Crippen LogP) is 3.35. The number of benzene rings is 1. The number of ether oxygens (including phenoxy) is 2. The highest BCUT2D eigenvalue weighted by molar-refractivity contribution is 6.31. The van der Waals surface area contributed by atoms with E-state index in [4.69, 9.17) is 26.8 Å². The van der Waals surface area contributed by atoms with Crippen LogP contribution in [0.25, 0.3) is 0 Å². The number of amides is 1. The Hall–Kier alpha value is -1.30. The first-order valence-corrected chi connectivity index (χ1v) is 9.10. The predicted molar refractivity (Wildman–Crippen MR) is 94.5 cm³/mol. The van der Waals surface area contributed by atoms with E-state index in [0.717, 1.165) is 45.1 Å². The molecule has 3 unspecified atom stereocenters. The van der Waals surface area contributed by atoms with Crippen LogP contribution in [0.2, 0.25) is 5.02 Å². The zero-order chi connectivity index (χ0) is 16.9. The van der Waals surface area contributed by atoms with Crippen LogP contribution in [-0.4, -0.2) is 31.3 Å². The highest BCUT2D eigenvalue weighted by atomic mass is 35.5. The molecule has 1 aromatic rings. The Labute approximate surface area is 147 Å². The van der Waals surface area contributed by atoms with Gasteiger partial charge >= 0.3 is 0 Å². The Morgan fingerprint density at radius 3 is 2.96 bits per heavy atom. The standard InChI is InChI=1S/C18H25ClN2O3/c19-13-6-7-17(24-11-15-5-2-8-23-15)16(10-13)21-18(22)12-3-1-4-14(20)9-12/h6-7,10,12,14-15H,1-5,8-9,11,20H2,(H,21,22). The molecular weight excluding hydrogens is 328 g/mol. The van der Waals surface area contributed by atoms with Crippen LogP contribution in [0.3, 0.4) is 0 Å². The van der Waals surface area contributed by atoms with E-state index in [-0.39, 0.29) is 24.0 Å². The number of nitrogens with one attached hydrogen (secondary N) is 1. The first kappa shape index (κ1) is 17.5. The molecule has 1 heterocycles. The van der Waals surface area contributed by atoms with Gasteiger partial charge in [-0.25, -0.2) is 0 Å². The van der Waals surface area contributed by atoms with E-state index in [1.807, 2.05) is 0 Å². The molecule has 2 aliphatic rings. The third-order valence-corrected chi connectivity index (χ3v) is 4.97. The zero-order valence-corrected chi connectivity index (χ0v) is 14.6. The molecule has 132 valence electrons. The number of carbonyl (C=O) groups excluding carboxylic acids is 1. The number of anilines is 1.